The number of ether oxygens (including phenoxy) is 2. The molecule has 0 bridgehead atoms. The maximum atomic E-state index is 11.0. The van der Waals surface area contributed by atoms with Crippen LogP contribution in [0.15, 0.2) is 24.3 Å². The standard InChI is InChI=1S/C14H19NO3/c1-10(16)18-14-9-12(6-7-15-14)11-4-3-5-13(8-11)17-2/h3-5,8,12,14-15H,6-7,9H2,1-2H3. The Hall–Kier alpha value is -1.55. The lowest BCUT2D eigenvalue weighted by Gasteiger charge is -2.30. The van der Waals surface area contributed by atoms with Crippen molar-refractivity contribution in [2.24, 2.45) is 0 Å². The molecule has 1 saturated heterocycles. The second kappa shape index (κ2) is 5.87. The highest BCUT2D eigenvalue weighted by molar-refractivity contribution is 5.66. The maximum Gasteiger partial charge on any atom is 0.304 e. The van der Waals surface area contributed by atoms with Crippen molar-refractivity contribution in [3.8, 4) is 5.75 Å². The minimum absolute atomic E-state index is 0.174. The Kier molecular flexibility index (Phi) is 4.20. The number of benzene rings is 1. The number of hydrogen-bond acceptors (Lipinski definition) is 4. The predicted octanol–water partition coefficient (Wildman–Crippen LogP) is 2.05. The summed E-state index contributed by atoms with van der Waals surface area (Å²) in [6.07, 6.45) is 1.69. The molecule has 2 atom stereocenters. The molecule has 4 heteroatoms. The number of esters is 1. The van der Waals surface area contributed by atoms with Gasteiger partial charge >= 0.3 is 5.97 Å². The number of nitrogens with one attached hydrogen (secondary N) is 1. The first-order chi connectivity index (χ1) is 8.69. The largest absolute Gasteiger partial charge is 0.497 e. The van der Waals surface area contributed by atoms with Crippen LogP contribution < -0.4 is 10.1 Å². The van der Waals surface area contributed by atoms with Gasteiger partial charge in [-0.05, 0) is 36.6 Å². The van der Waals surface area contributed by atoms with Crippen LogP contribution in [0.1, 0.15) is 31.2 Å². The Balaban J connectivity index is 2.05. The highest BCUT2D eigenvalue weighted by Gasteiger charge is 2.24. The Morgan fingerprint density at radius 2 is 2.28 bits per heavy atom. The topological polar surface area (TPSA) is 47.6 Å². The van der Waals surface area contributed by atoms with Crippen molar-refractivity contribution in [1.29, 1.82) is 0 Å². The maximum absolute atomic E-state index is 11.0. The van der Waals surface area contributed by atoms with Gasteiger partial charge in [-0.2, -0.15) is 0 Å². The normalized spacial score (nSPS) is 23.4. The third kappa shape index (κ3) is 3.23. The summed E-state index contributed by atoms with van der Waals surface area (Å²) < 4.78 is 10.5. The van der Waals surface area contributed by atoms with E-state index in [4.69, 9.17) is 9.47 Å². The van der Waals surface area contributed by atoms with Crippen molar-refractivity contribution in [3.05, 3.63) is 29.8 Å². The minimum Gasteiger partial charge on any atom is -0.497 e. The van der Waals surface area contributed by atoms with E-state index in [1.165, 1.54) is 12.5 Å². The summed E-state index contributed by atoms with van der Waals surface area (Å²) in [6, 6.07) is 8.09. The van der Waals surface area contributed by atoms with Gasteiger partial charge in [-0.3, -0.25) is 10.1 Å². The number of methoxy groups -OCH3 is 1. The van der Waals surface area contributed by atoms with Crippen molar-refractivity contribution in [2.75, 3.05) is 13.7 Å². The first-order valence-electron chi connectivity index (χ1n) is 6.23. The summed E-state index contributed by atoms with van der Waals surface area (Å²) in [7, 11) is 1.67. The molecular weight excluding hydrogens is 230 g/mol. The van der Waals surface area contributed by atoms with Crippen LogP contribution in [0.25, 0.3) is 0 Å². The summed E-state index contributed by atoms with van der Waals surface area (Å²) in [6.45, 7) is 2.30. The van der Waals surface area contributed by atoms with E-state index in [1.807, 2.05) is 12.1 Å². The van der Waals surface area contributed by atoms with Gasteiger partial charge in [0.1, 0.15) is 5.75 Å². The van der Waals surface area contributed by atoms with Crippen molar-refractivity contribution in [2.45, 2.75) is 31.9 Å². The van der Waals surface area contributed by atoms with Crippen LogP contribution >= 0.6 is 0 Å². The van der Waals surface area contributed by atoms with Crippen molar-refractivity contribution in [1.82, 2.24) is 5.32 Å². The Bertz CT molecular complexity index is 419. The minimum atomic E-state index is -0.237. The molecule has 1 heterocycles. The van der Waals surface area contributed by atoms with Crippen LogP contribution in [0.5, 0.6) is 5.75 Å². The van der Waals surface area contributed by atoms with Crippen molar-refractivity contribution >= 4 is 5.97 Å². The number of hydrogen-bond donors (Lipinski definition) is 1. The lowest BCUT2D eigenvalue weighted by Crippen LogP contribution is -2.40. The molecule has 0 aromatic heterocycles. The zero-order valence-electron chi connectivity index (χ0n) is 10.8. The first kappa shape index (κ1) is 12.9. The SMILES string of the molecule is COc1cccc(C2CCNC(OC(C)=O)C2)c1. The lowest BCUT2D eigenvalue weighted by molar-refractivity contribution is -0.149. The average Bonchev–Trinajstić information content (AvgIpc) is 2.38. The van der Waals surface area contributed by atoms with Crippen LogP contribution in [0.4, 0.5) is 0 Å². The van der Waals surface area contributed by atoms with Gasteiger partial charge in [-0.1, -0.05) is 12.1 Å². The predicted molar refractivity (Wildman–Crippen MR) is 68.5 cm³/mol. The zero-order chi connectivity index (χ0) is 13.0. The van der Waals surface area contributed by atoms with Crippen molar-refractivity contribution < 1.29 is 14.3 Å². The van der Waals surface area contributed by atoms with Gasteiger partial charge in [0, 0.05) is 13.3 Å². The summed E-state index contributed by atoms with van der Waals surface area (Å²) in [5.74, 6) is 1.04. The molecule has 4 nitrogen and oxygen atoms in total. The van der Waals surface area contributed by atoms with E-state index < -0.39 is 0 Å². The molecule has 2 unspecified atom stereocenters. The average molecular weight is 249 g/mol. The molecule has 2 rings (SSSR count). The molecule has 18 heavy (non-hydrogen) atoms. The fourth-order valence-electron chi connectivity index (χ4n) is 2.37. The summed E-state index contributed by atoms with van der Waals surface area (Å²) in [5, 5.41) is 3.20. The number of rotatable bonds is 3. The lowest BCUT2D eigenvalue weighted by atomic mass is 9.89. The van der Waals surface area contributed by atoms with E-state index in [2.05, 4.69) is 17.4 Å². The molecule has 98 valence electrons. The molecule has 1 aromatic rings. The quantitative estimate of drug-likeness (QED) is 0.833. The van der Waals surface area contributed by atoms with Crippen LogP contribution in [-0.2, 0) is 9.53 Å². The summed E-state index contributed by atoms with van der Waals surface area (Å²) in [5.41, 5.74) is 1.24. The molecule has 0 spiro atoms. The fourth-order valence-corrected chi connectivity index (χ4v) is 2.37. The molecule has 0 saturated carbocycles. The monoisotopic (exact) mass is 249 g/mol. The van der Waals surface area contributed by atoms with E-state index in [0.29, 0.717) is 5.92 Å². The Morgan fingerprint density at radius 1 is 1.44 bits per heavy atom. The molecule has 1 N–H and O–H groups in total. The van der Waals surface area contributed by atoms with E-state index in [-0.39, 0.29) is 12.2 Å². The van der Waals surface area contributed by atoms with Crippen LogP contribution in [0.3, 0.4) is 0 Å². The fraction of sp³-hybridized carbons (Fsp3) is 0.500. The van der Waals surface area contributed by atoms with Gasteiger partial charge in [0.05, 0.1) is 7.11 Å². The van der Waals surface area contributed by atoms with Gasteiger partial charge in [-0.15, -0.1) is 0 Å². The molecule has 1 aliphatic heterocycles. The molecule has 1 aromatic carbocycles. The molecule has 1 fully saturated rings. The zero-order valence-corrected chi connectivity index (χ0v) is 10.8. The van der Waals surface area contributed by atoms with Gasteiger partial charge in [0.2, 0.25) is 0 Å². The Labute approximate surface area is 107 Å². The molecule has 1 aliphatic rings. The van der Waals surface area contributed by atoms with E-state index in [9.17, 15) is 4.79 Å². The third-order valence-corrected chi connectivity index (χ3v) is 3.24. The van der Waals surface area contributed by atoms with E-state index >= 15 is 0 Å². The number of piperidine rings is 1. The van der Waals surface area contributed by atoms with Gasteiger partial charge in [0.15, 0.2) is 6.23 Å². The van der Waals surface area contributed by atoms with Gasteiger partial charge in [0.25, 0.3) is 0 Å². The highest BCUT2D eigenvalue weighted by atomic mass is 16.6. The molecule has 0 amide bonds. The summed E-state index contributed by atoms with van der Waals surface area (Å²) >= 11 is 0. The van der Waals surface area contributed by atoms with Crippen LogP contribution in [-0.4, -0.2) is 25.9 Å². The van der Waals surface area contributed by atoms with Crippen molar-refractivity contribution in [3.63, 3.8) is 0 Å². The summed E-state index contributed by atoms with van der Waals surface area (Å²) in [4.78, 5) is 11.0. The van der Waals surface area contributed by atoms with Crippen LogP contribution in [0.2, 0.25) is 0 Å². The van der Waals surface area contributed by atoms with Crippen LogP contribution in [0, 0.1) is 0 Å². The molecular formula is C14H19NO3. The first-order valence-corrected chi connectivity index (χ1v) is 6.23. The van der Waals surface area contributed by atoms with E-state index in [1.54, 1.807) is 7.11 Å². The number of carbonyl (C=O) groups excluding carboxylic acids is 1. The molecule has 0 radical (unpaired) electrons. The van der Waals surface area contributed by atoms with Gasteiger partial charge < -0.3 is 9.47 Å². The third-order valence-electron chi connectivity index (χ3n) is 3.24. The molecule has 0 aliphatic carbocycles. The second-order valence-electron chi connectivity index (χ2n) is 4.55. The smallest absolute Gasteiger partial charge is 0.304 e. The second-order valence-corrected chi connectivity index (χ2v) is 4.55. The highest BCUT2D eigenvalue weighted by Crippen LogP contribution is 2.30. The van der Waals surface area contributed by atoms with E-state index in [0.717, 1.165) is 25.1 Å². The Morgan fingerprint density at radius 3 is 3.00 bits per heavy atom. The number of carbonyl (C=O) groups is 1. The van der Waals surface area contributed by atoms with Gasteiger partial charge in [-0.25, -0.2) is 0 Å².